The second-order valence-electron chi connectivity index (χ2n) is 5.28. The van der Waals surface area contributed by atoms with Crippen molar-refractivity contribution in [1.29, 1.82) is 0 Å². The predicted octanol–water partition coefficient (Wildman–Crippen LogP) is -1.83. The Kier molecular flexibility index (Phi) is 4.84. The van der Waals surface area contributed by atoms with Gasteiger partial charge in [-0.05, 0) is 0 Å². The Morgan fingerprint density at radius 3 is 2.23 bits per heavy atom. The third-order valence-electron chi connectivity index (χ3n) is 3.69. The van der Waals surface area contributed by atoms with Gasteiger partial charge in [0.1, 0.15) is 12.1 Å². The van der Waals surface area contributed by atoms with Gasteiger partial charge >= 0.3 is 18.0 Å². The molecular weight excluding hydrogens is 300 g/mol. The molecule has 0 radical (unpaired) electrons. The fraction of sp³-hybridized carbons (Fsp3) is 0.750. The highest BCUT2D eigenvalue weighted by Gasteiger charge is 2.44. The van der Waals surface area contributed by atoms with Crippen LogP contribution in [0.4, 0.5) is 4.79 Å². The number of hydrogen-bond acceptors (Lipinski definition) is 8. The van der Waals surface area contributed by atoms with E-state index in [-0.39, 0.29) is 25.9 Å². The molecular formula is C12H18N2O8. The molecule has 0 aromatic rings. The second kappa shape index (κ2) is 6.46. The fourth-order valence-corrected chi connectivity index (χ4v) is 2.64. The number of likely N-dealkylation sites (tertiary alicyclic amines) is 1. The molecule has 10 heteroatoms. The van der Waals surface area contributed by atoms with Crippen LogP contribution in [0.25, 0.3) is 0 Å². The van der Waals surface area contributed by atoms with Crippen LogP contribution in [0.15, 0.2) is 0 Å². The maximum absolute atomic E-state index is 12.2. The van der Waals surface area contributed by atoms with Crippen molar-refractivity contribution < 1.29 is 39.3 Å². The first-order chi connectivity index (χ1) is 10.3. The number of carbonyl (C=O) groups is 3. The monoisotopic (exact) mass is 318 g/mol. The molecule has 0 aromatic carbocycles. The summed E-state index contributed by atoms with van der Waals surface area (Å²) in [5, 5.41) is 29.0. The Morgan fingerprint density at radius 1 is 1.05 bits per heavy atom. The molecule has 10 nitrogen and oxygen atoms in total. The minimum Gasteiger partial charge on any atom is -0.480 e. The Balaban J connectivity index is 2.04. The molecule has 2 aliphatic rings. The predicted molar refractivity (Wildman–Crippen MR) is 68.4 cm³/mol. The smallest absolute Gasteiger partial charge is 0.410 e. The Labute approximate surface area is 125 Å². The number of carboxylic acids is 1. The SMILES string of the molecule is COC(=O)N1C[C@H](O)C[C@H]1C(=O)ON1CC(O)C[C@H]1C(=O)O. The van der Waals surface area contributed by atoms with Gasteiger partial charge in [-0.15, -0.1) is 5.06 Å². The number of β-amino-alcohol motifs (C(OH)–C–C–N with tert-alkyl or cyclic N) is 2. The minimum atomic E-state index is -1.22. The Bertz CT molecular complexity index is 470. The standard InChI is InChI=1S/C12H18N2O8/c1-21-12(20)13-4-6(15)3-9(13)11(19)22-14-5-7(16)2-8(14)10(17)18/h6-9,15-16H,2-5H2,1H3,(H,17,18)/t6-,7?,8+,9+/m1/s1. The van der Waals surface area contributed by atoms with Crippen molar-refractivity contribution in [3.8, 4) is 0 Å². The number of aliphatic hydroxyl groups is 2. The van der Waals surface area contributed by atoms with Gasteiger partial charge < -0.3 is 24.9 Å². The van der Waals surface area contributed by atoms with Crippen molar-refractivity contribution >= 4 is 18.0 Å². The van der Waals surface area contributed by atoms with E-state index in [1.807, 2.05) is 0 Å². The lowest BCUT2D eigenvalue weighted by Crippen LogP contribution is -2.45. The molecule has 1 amide bonds. The largest absolute Gasteiger partial charge is 0.480 e. The van der Waals surface area contributed by atoms with E-state index >= 15 is 0 Å². The van der Waals surface area contributed by atoms with Gasteiger partial charge in [0.05, 0.1) is 32.4 Å². The molecule has 4 atom stereocenters. The average molecular weight is 318 g/mol. The average Bonchev–Trinajstić information content (AvgIpc) is 3.01. The molecule has 2 fully saturated rings. The van der Waals surface area contributed by atoms with Gasteiger partial charge in [-0.1, -0.05) is 0 Å². The van der Waals surface area contributed by atoms with Crippen molar-refractivity contribution in [3.05, 3.63) is 0 Å². The van der Waals surface area contributed by atoms with Gasteiger partial charge in [-0.2, -0.15) is 0 Å². The van der Waals surface area contributed by atoms with Gasteiger partial charge in [-0.3, -0.25) is 9.69 Å². The lowest BCUT2D eigenvalue weighted by Gasteiger charge is -2.25. The number of methoxy groups -OCH3 is 1. The van der Waals surface area contributed by atoms with Crippen LogP contribution in [-0.2, 0) is 19.2 Å². The minimum absolute atomic E-state index is 0.0257. The van der Waals surface area contributed by atoms with Crippen molar-refractivity contribution in [2.24, 2.45) is 0 Å². The zero-order chi connectivity index (χ0) is 16.4. The highest BCUT2D eigenvalue weighted by molar-refractivity contribution is 5.82. The first-order valence-corrected chi connectivity index (χ1v) is 6.75. The van der Waals surface area contributed by atoms with Crippen LogP contribution in [0.2, 0.25) is 0 Å². The van der Waals surface area contributed by atoms with E-state index in [1.165, 1.54) is 0 Å². The van der Waals surface area contributed by atoms with Crippen LogP contribution in [0.3, 0.4) is 0 Å². The summed E-state index contributed by atoms with van der Waals surface area (Å²) in [4.78, 5) is 40.8. The van der Waals surface area contributed by atoms with Crippen LogP contribution in [0.5, 0.6) is 0 Å². The number of ether oxygens (including phenoxy) is 1. The number of rotatable bonds is 3. The summed E-state index contributed by atoms with van der Waals surface area (Å²) in [6, 6.07) is -2.20. The van der Waals surface area contributed by atoms with E-state index in [9.17, 15) is 24.6 Å². The molecule has 3 N–H and O–H groups in total. The number of carboxylic acid groups (broad SMARTS) is 1. The molecule has 2 heterocycles. The quantitative estimate of drug-likeness (QED) is 0.548. The van der Waals surface area contributed by atoms with Crippen LogP contribution in [0, 0.1) is 0 Å². The fourth-order valence-electron chi connectivity index (χ4n) is 2.64. The van der Waals surface area contributed by atoms with Gasteiger partial charge in [0.25, 0.3) is 0 Å². The van der Waals surface area contributed by atoms with Gasteiger partial charge in [0, 0.05) is 12.8 Å². The zero-order valence-electron chi connectivity index (χ0n) is 11.9. The van der Waals surface area contributed by atoms with E-state index in [0.717, 1.165) is 17.1 Å². The first-order valence-electron chi connectivity index (χ1n) is 6.75. The number of hydrogen-bond donors (Lipinski definition) is 3. The van der Waals surface area contributed by atoms with Crippen molar-refractivity contribution in [1.82, 2.24) is 9.96 Å². The molecule has 0 aromatic heterocycles. The zero-order valence-corrected chi connectivity index (χ0v) is 11.9. The lowest BCUT2D eigenvalue weighted by atomic mass is 10.2. The number of amides is 1. The molecule has 2 aliphatic heterocycles. The van der Waals surface area contributed by atoms with Gasteiger partial charge in [-0.25, -0.2) is 9.59 Å². The number of aliphatic hydroxyl groups excluding tert-OH is 2. The molecule has 22 heavy (non-hydrogen) atoms. The Morgan fingerprint density at radius 2 is 1.64 bits per heavy atom. The first kappa shape index (κ1) is 16.5. The molecule has 124 valence electrons. The van der Waals surface area contributed by atoms with Crippen LogP contribution in [0.1, 0.15) is 12.8 Å². The molecule has 1 unspecified atom stereocenters. The molecule has 0 spiro atoms. The van der Waals surface area contributed by atoms with Crippen LogP contribution >= 0.6 is 0 Å². The van der Waals surface area contributed by atoms with E-state index in [0.29, 0.717) is 0 Å². The van der Waals surface area contributed by atoms with E-state index in [2.05, 4.69) is 4.74 Å². The lowest BCUT2D eigenvalue weighted by molar-refractivity contribution is -0.204. The molecule has 0 saturated carbocycles. The van der Waals surface area contributed by atoms with E-state index in [1.54, 1.807) is 0 Å². The number of nitrogens with zero attached hydrogens (tertiary/aromatic N) is 2. The number of carbonyl (C=O) groups excluding carboxylic acids is 2. The normalized spacial score (nSPS) is 32.0. The molecule has 2 saturated heterocycles. The van der Waals surface area contributed by atoms with Crippen LogP contribution in [-0.4, -0.2) is 87.8 Å². The van der Waals surface area contributed by atoms with Gasteiger partial charge in [0.15, 0.2) is 0 Å². The maximum atomic E-state index is 12.2. The highest BCUT2D eigenvalue weighted by Crippen LogP contribution is 2.23. The molecule has 0 bridgehead atoms. The van der Waals surface area contributed by atoms with Crippen molar-refractivity contribution in [2.75, 3.05) is 20.2 Å². The Hall–Kier alpha value is -1.91. The summed E-state index contributed by atoms with van der Waals surface area (Å²) in [7, 11) is 1.15. The van der Waals surface area contributed by atoms with Crippen molar-refractivity contribution in [2.45, 2.75) is 37.1 Å². The summed E-state index contributed by atoms with van der Waals surface area (Å²) in [6.45, 7) is -0.201. The van der Waals surface area contributed by atoms with Crippen molar-refractivity contribution in [3.63, 3.8) is 0 Å². The van der Waals surface area contributed by atoms with E-state index in [4.69, 9.17) is 9.94 Å². The van der Waals surface area contributed by atoms with E-state index < -0.39 is 42.3 Å². The van der Waals surface area contributed by atoms with Gasteiger partial charge in [0.2, 0.25) is 0 Å². The van der Waals surface area contributed by atoms with Crippen LogP contribution < -0.4 is 0 Å². The summed E-state index contributed by atoms with van der Waals surface area (Å²) < 4.78 is 4.53. The third-order valence-corrected chi connectivity index (χ3v) is 3.69. The number of hydroxylamine groups is 2. The molecule has 2 rings (SSSR count). The second-order valence-corrected chi connectivity index (χ2v) is 5.28. The topological polar surface area (TPSA) is 137 Å². The summed E-state index contributed by atoms with van der Waals surface area (Å²) >= 11 is 0. The third kappa shape index (κ3) is 3.29. The summed E-state index contributed by atoms with van der Waals surface area (Å²) in [5.41, 5.74) is 0. The maximum Gasteiger partial charge on any atom is 0.410 e. The molecule has 0 aliphatic carbocycles. The highest BCUT2D eigenvalue weighted by atomic mass is 16.7. The number of aliphatic carboxylic acids is 1. The summed E-state index contributed by atoms with van der Waals surface area (Å²) in [5.74, 6) is -2.09. The summed E-state index contributed by atoms with van der Waals surface area (Å²) in [6.07, 6.45) is -2.68.